The fourth-order valence-corrected chi connectivity index (χ4v) is 1.42. The van der Waals surface area contributed by atoms with E-state index in [0.29, 0.717) is 11.4 Å². The molecule has 0 spiro atoms. The first-order chi connectivity index (χ1) is 5.47. The van der Waals surface area contributed by atoms with E-state index in [1.807, 2.05) is 24.3 Å². The normalized spacial score (nSPS) is 15.7. The number of aliphatic hydroxyl groups is 1. The van der Waals surface area contributed by atoms with Crippen molar-refractivity contribution >= 4 is 27.5 Å². The molecule has 1 unspecified atom stereocenters. The zero-order valence-electron chi connectivity index (χ0n) is 6.72. The van der Waals surface area contributed by atoms with Crippen molar-refractivity contribution in [1.29, 1.82) is 0 Å². The van der Waals surface area contributed by atoms with Crippen molar-refractivity contribution in [2.24, 2.45) is 0 Å². The van der Waals surface area contributed by atoms with E-state index in [1.54, 1.807) is 6.92 Å². The van der Waals surface area contributed by atoms with E-state index in [1.165, 1.54) is 0 Å². The van der Waals surface area contributed by atoms with Gasteiger partial charge in [0.2, 0.25) is 0 Å². The Morgan fingerprint density at radius 2 is 1.92 bits per heavy atom. The van der Waals surface area contributed by atoms with Crippen LogP contribution in [0.3, 0.4) is 0 Å². The molecule has 0 fully saturated rings. The summed E-state index contributed by atoms with van der Waals surface area (Å²) < 4.78 is -0.833. The molecule has 3 heteroatoms. The maximum Gasteiger partial charge on any atom is 0.120 e. The number of benzene rings is 1. The quantitative estimate of drug-likeness (QED) is 0.799. The molecule has 1 aromatic rings. The van der Waals surface area contributed by atoms with Crippen LogP contribution in [0.5, 0.6) is 0 Å². The molecule has 0 saturated carbocycles. The van der Waals surface area contributed by atoms with Crippen LogP contribution in [0, 0.1) is 0 Å². The van der Waals surface area contributed by atoms with Crippen molar-refractivity contribution in [2.45, 2.75) is 17.9 Å². The van der Waals surface area contributed by atoms with Crippen LogP contribution in [-0.2, 0) is 6.42 Å². The SMILES string of the molecule is CC(O)(Br)Cc1ccc(Cl)cc1. The Labute approximate surface area is 85.5 Å². The highest BCUT2D eigenvalue weighted by molar-refractivity contribution is 9.10. The fraction of sp³-hybridized carbons (Fsp3) is 0.333. The highest BCUT2D eigenvalue weighted by Gasteiger charge is 2.15. The van der Waals surface area contributed by atoms with Gasteiger partial charge in [-0.3, -0.25) is 0 Å². The predicted molar refractivity (Wildman–Crippen MR) is 54.7 cm³/mol. The van der Waals surface area contributed by atoms with E-state index in [0.717, 1.165) is 5.56 Å². The molecule has 0 amide bonds. The summed E-state index contributed by atoms with van der Waals surface area (Å²) in [7, 11) is 0. The second-order valence-electron chi connectivity index (χ2n) is 2.95. The van der Waals surface area contributed by atoms with E-state index < -0.39 is 4.51 Å². The van der Waals surface area contributed by atoms with Crippen LogP contribution >= 0.6 is 27.5 Å². The van der Waals surface area contributed by atoms with Gasteiger partial charge in [-0.15, -0.1) is 0 Å². The molecule has 0 saturated heterocycles. The Kier molecular flexibility index (Phi) is 3.16. The van der Waals surface area contributed by atoms with E-state index in [9.17, 15) is 5.11 Å². The molecule has 12 heavy (non-hydrogen) atoms. The van der Waals surface area contributed by atoms with Crippen molar-refractivity contribution in [3.63, 3.8) is 0 Å². The van der Waals surface area contributed by atoms with Crippen molar-refractivity contribution in [3.8, 4) is 0 Å². The van der Waals surface area contributed by atoms with Crippen LogP contribution in [0.15, 0.2) is 24.3 Å². The van der Waals surface area contributed by atoms with Gasteiger partial charge in [-0.25, -0.2) is 0 Å². The maximum absolute atomic E-state index is 9.42. The van der Waals surface area contributed by atoms with Crippen molar-refractivity contribution < 1.29 is 5.11 Å². The van der Waals surface area contributed by atoms with Gasteiger partial charge >= 0.3 is 0 Å². The van der Waals surface area contributed by atoms with Gasteiger partial charge in [0.25, 0.3) is 0 Å². The van der Waals surface area contributed by atoms with Crippen LogP contribution < -0.4 is 0 Å². The summed E-state index contributed by atoms with van der Waals surface area (Å²) in [6.07, 6.45) is 0.574. The lowest BCUT2D eigenvalue weighted by atomic mass is 10.1. The van der Waals surface area contributed by atoms with Crippen LogP contribution in [0.25, 0.3) is 0 Å². The minimum atomic E-state index is -0.833. The van der Waals surface area contributed by atoms with Crippen molar-refractivity contribution in [1.82, 2.24) is 0 Å². The highest BCUT2D eigenvalue weighted by atomic mass is 79.9. The lowest BCUT2D eigenvalue weighted by Crippen LogP contribution is -2.17. The Hall–Kier alpha value is -0.0500. The molecule has 66 valence electrons. The average molecular weight is 250 g/mol. The third-order valence-corrected chi connectivity index (χ3v) is 1.97. The first kappa shape index (κ1) is 10.0. The number of halogens is 2. The largest absolute Gasteiger partial charge is 0.379 e. The molecular formula is C9H10BrClO. The molecule has 1 N–H and O–H groups in total. The molecule has 0 aliphatic heterocycles. The van der Waals surface area contributed by atoms with Gasteiger partial charge in [0.15, 0.2) is 0 Å². The molecule has 0 aliphatic rings. The molecule has 1 nitrogen and oxygen atoms in total. The summed E-state index contributed by atoms with van der Waals surface area (Å²) in [6, 6.07) is 7.43. The summed E-state index contributed by atoms with van der Waals surface area (Å²) >= 11 is 8.87. The van der Waals surface area contributed by atoms with Crippen LogP contribution in [0.2, 0.25) is 5.02 Å². The second-order valence-corrected chi connectivity index (χ2v) is 5.09. The standard InChI is InChI=1S/C9H10BrClO/c1-9(10,12)6-7-2-4-8(11)5-3-7/h2-5,12H,6H2,1H3. The Balaban J connectivity index is 2.71. The summed E-state index contributed by atoms with van der Waals surface area (Å²) in [6.45, 7) is 1.71. The van der Waals surface area contributed by atoms with E-state index in [-0.39, 0.29) is 0 Å². The Bertz CT molecular complexity index is 250. The summed E-state index contributed by atoms with van der Waals surface area (Å²) in [4.78, 5) is 0. The molecule has 1 rings (SSSR count). The van der Waals surface area contributed by atoms with Gasteiger partial charge in [-0.2, -0.15) is 0 Å². The highest BCUT2D eigenvalue weighted by Crippen LogP contribution is 2.20. The zero-order chi connectivity index (χ0) is 9.19. The van der Waals surface area contributed by atoms with Gasteiger partial charge < -0.3 is 5.11 Å². The first-order valence-corrected chi connectivity index (χ1v) is 4.80. The Morgan fingerprint density at radius 3 is 2.33 bits per heavy atom. The third kappa shape index (κ3) is 3.57. The molecule has 0 radical (unpaired) electrons. The van der Waals surface area contributed by atoms with Crippen molar-refractivity contribution in [2.75, 3.05) is 0 Å². The van der Waals surface area contributed by atoms with Crippen LogP contribution in [-0.4, -0.2) is 9.62 Å². The monoisotopic (exact) mass is 248 g/mol. The molecule has 0 heterocycles. The second kappa shape index (κ2) is 3.77. The number of hydrogen-bond acceptors (Lipinski definition) is 1. The van der Waals surface area contributed by atoms with Gasteiger partial charge in [-0.1, -0.05) is 39.7 Å². The van der Waals surface area contributed by atoms with Crippen molar-refractivity contribution in [3.05, 3.63) is 34.9 Å². The molecule has 1 aromatic carbocycles. The van der Waals surface area contributed by atoms with Gasteiger partial charge in [-0.05, 0) is 24.6 Å². The number of hydrogen-bond donors (Lipinski definition) is 1. The molecular weight excluding hydrogens is 239 g/mol. The maximum atomic E-state index is 9.42. The topological polar surface area (TPSA) is 20.2 Å². The molecule has 0 aromatic heterocycles. The molecule has 1 atom stereocenters. The minimum absolute atomic E-state index is 0.574. The lowest BCUT2D eigenvalue weighted by molar-refractivity contribution is 0.166. The average Bonchev–Trinajstić information content (AvgIpc) is 1.91. The van der Waals surface area contributed by atoms with Gasteiger partial charge in [0, 0.05) is 11.4 Å². The Morgan fingerprint density at radius 1 is 1.42 bits per heavy atom. The first-order valence-electron chi connectivity index (χ1n) is 3.63. The summed E-state index contributed by atoms with van der Waals surface area (Å²) in [5.41, 5.74) is 1.06. The lowest BCUT2D eigenvalue weighted by Gasteiger charge is -2.14. The molecule has 0 bridgehead atoms. The number of alkyl halides is 1. The number of rotatable bonds is 2. The van der Waals surface area contributed by atoms with E-state index in [4.69, 9.17) is 11.6 Å². The van der Waals surface area contributed by atoms with Crippen LogP contribution in [0.1, 0.15) is 12.5 Å². The minimum Gasteiger partial charge on any atom is -0.379 e. The summed E-state index contributed by atoms with van der Waals surface area (Å²) in [5, 5.41) is 10.1. The smallest absolute Gasteiger partial charge is 0.120 e. The third-order valence-electron chi connectivity index (χ3n) is 1.44. The van der Waals surface area contributed by atoms with E-state index >= 15 is 0 Å². The predicted octanol–water partition coefficient (Wildman–Crippen LogP) is 2.99. The summed E-state index contributed by atoms with van der Waals surface area (Å²) in [5.74, 6) is 0. The molecule has 0 aliphatic carbocycles. The van der Waals surface area contributed by atoms with Gasteiger partial charge in [0.1, 0.15) is 4.51 Å². The fourth-order valence-electron chi connectivity index (χ4n) is 0.975. The van der Waals surface area contributed by atoms with Crippen LogP contribution in [0.4, 0.5) is 0 Å². The van der Waals surface area contributed by atoms with Gasteiger partial charge in [0.05, 0.1) is 0 Å². The zero-order valence-corrected chi connectivity index (χ0v) is 9.06. The van der Waals surface area contributed by atoms with E-state index in [2.05, 4.69) is 15.9 Å².